The highest BCUT2D eigenvalue weighted by atomic mass is 32.1. The molecule has 0 aliphatic heterocycles. The molecule has 130 valence electrons. The number of nitrogens with one attached hydrogen (secondary N) is 1. The van der Waals surface area contributed by atoms with Crippen LogP contribution in [0.15, 0.2) is 16.7 Å². The normalized spacial score (nSPS) is 14.7. The molecule has 2 aromatic rings. The summed E-state index contributed by atoms with van der Waals surface area (Å²) in [4.78, 5) is 18.5. The van der Waals surface area contributed by atoms with Crippen LogP contribution in [0.1, 0.15) is 30.5 Å². The number of aromatic nitrogens is 2. The van der Waals surface area contributed by atoms with Crippen molar-refractivity contribution in [2.45, 2.75) is 38.5 Å². The van der Waals surface area contributed by atoms with Gasteiger partial charge >= 0.3 is 18.1 Å². The van der Waals surface area contributed by atoms with Crippen LogP contribution in [0.2, 0.25) is 0 Å². The fraction of sp³-hybridized carbons (Fsp3) is 0.500. The molecular formula is C14H15F3N4O2S. The highest BCUT2D eigenvalue weighted by Crippen LogP contribution is 2.33. The van der Waals surface area contributed by atoms with Crippen molar-refractivity contribution < 1.29 is 22.5 Å². The SMILES string of the molecule is CCNC(=O)N(Cc1ccc(-c2noc(C(F)(F)F)n2)s1)C1CC1. The van der Waals surface area contributed by atoms with E-state index in [1.807, 2.05) is 6.92 Å². The van der Waals surface area contributed by atoms with Crippen LogP contribution in [0.25, 0.3) is 10.7 Å². The first-order chi connectivity index (χ1) is 11.4. The topological polar surface area (TPSA) is 71.3 Å². The molecule has 3 rings (SSSR count). The molecule has 0 atom stereocenters. The number of nitrogens with zero attached hydrogens (tertiary/aromatic N) is 3. The number of amides is 2. The summed E-state index contributed by atoms with van der Waals surface area (Å²) in [7, 11) is 0. The second kappa shape index (κ2) is 6.42. The maximum absolute atomic E-state index is 12.5. The van der Waals surface area contributed by atoms with Crippen LogP contribution in [0.5, 0.6) is 0 Å². The molecule has 24 heavy (non-hydrogen) atoms. The summed E-state index contributed by atoms with van der Waals surface area (Å²) in [5.41, 5.74) is 0. The Morgan fingerprint density at radius 3 is 2.79 bits per heavy atom. The van der Waals surface area contributed by atoms with Gasteiger partial charge in [-0.25, -0.2) is 4.79 Å². The molecule has 1 N–H and O–H groups in total. The van der Waals surface area contributed by atoms with Crippen LogP contribution in [0, 0.1) is 0 Å². The first-order valence-electron chi connectivity index (χ1n) is 7.43. The standard InChI is InChI=1S/C14H15F3N4O2S/c1-2-18-13(22)21(8-3-4-8)7-9-5-6-10(24-9)11-19-12(23-20-11)14(15,16)17/h5-6,8H,2-4,7H2,1H3,(H,18,22). The van der Waals surface area contributed by atoms with E-state index in [2.05, 4.69) is 20.0 Å². The molecule has 1 saturated carbocycles. The number of hydrogen-bond acceptors (Lipinski definition) is 5. The molecule has 0 radical (unpaired) electrons. The number of alkyl halides is 3. The summed E-state index contributed by atoms with van der Waals surface area (Å²) in [6.45, 7) is 2.80. The van der Waals surface area contributed by atoms with Gasteiger partial charge < -0.3 is 14.7 Å². The maximum atomic E-state index is 12.5. The molecule has 6 nitrogen and oxygen atoms in total. The predicted octanol–water partition coefficient (Wildman–Crippen LogP) is 3.51. The van der Waals surface area contributed by atoms with Crippen molar-refractivity contribution in [1.82, 2.24) is 20.4 Å². The average molecular weight is 360 g/mol. The molecule has 2 amide bonds. The zero-order valence-corrected chi connectivity index (χ0v) is 13.6. The molecule has 10 heteroatoms. The van der Waals surface area contributed by atoms with E-state index in [9.17, 15) is 18.0 Å². The maximum Gasteiger partial charge on any atom is 0.471 e. The van der Waals surface area contributed by atoms with E-state index >= 15 is 0 Å². The van der Waals surface area contributed by atoms with E-state index in [0.29, 0.717) is 18.0 Å². The zero-order chi connectivity index (χ0) is 17.3. The van der Waals surface area contributed by atoms with E-state index in [4.69, 9.17) is 0 Å². The minimum absolute atomic E-state index is 0.102. The minimum atomic E-state index is -4.66. The molecule has 0 spiro atoms. The number of carbonyl (C=O) groups excluding carboxylic acids is 1. The van der Waals surface area contributed by atoms with Crippen molar-refractivity contribution in [2.75, 3.05) is 6.54 Å². The van der Waals surface area contributed by atoms with Gasteiger partial charge in [-0.1, -0.05) is 5.16 Å². The van der Waals surface area contributed by atoms with E-state index < -0.39 is 12.1 Å². The number of halogens is 3. The van der Waals surface area contributed by atoms with Gasteiger partial charge in [-0.2, -0.15) is 18.2 Å². The third-order valence-corrected chi connectivity index (χ3v) is 4.52. The Balaban J connectivity index is 1.73. The highest BCUT2D eigenvalue weighted by molar-refractivity contribution is 7.15. The zero-order valence-electron chi connectivity index (χ0n) is 12.8. The predicted molar refractivity (Wildman–Crippen MR) is 80.3 cm³/mol. The Labute approximate surface area is 139 Å². The summed E-state index contributed by atoms with van der Waals surface area (Å²) in [5, 5.41) is 6.14. The number of urea groups is 1. The summed E-state index contributed by atoms with van der Waals surface area (Å²) < 4.78 is 41.8. The van der Waals surface area contributed by atoms with Gasteiger partial charge in [-0.05, 0) is 31.9 Å². The van der Waals surface area contributed by atoms with Crippen LogP contribution < -0.4 is 5.32 Å². The van der Waals surface area contributed by atoms with Gasteiger partial charge in [0.25, 0.3) is 0 Å². The Kier molecular flexibility index (Phi) is 4.48. The smallest absolute Gasteiger partial charge is 0.338 e. The number of carbonyl (C=O) groups is 1. The van der Waals surface area contributed by atoms with Crippen molar-refractivity contribution in [1.29, 1.82) is 0 Å². The van der Waals surface area contributed by atoms with Gasteiger partial charge in [0.05, 0.1) is 11.4 Å². The van der Waals surface area contributed by atoms with Gasteiger partial charge in [-0.3, -0.25) is 0 Å². The van der Waals surface area contributed by atoms with Gasteiger partial charge in [0.15, 0.2) is 0 Å². The van der Waals surface area contributed by atoms with Crippen LogP contribution in [-0.2, 0) is 12.7 Å². The molecule has 2 heterocycles. The summed E-state index contributed by atoms with van der Waals surface area (Å²) >= 11 is 1.24. The molecule has 0 aromatic carbocycles. The Morgan fingerprint density at radius 1 is 1.46 bits per heavy atom. The molecule has 1 aliphatic carbocycles. The number of hydrogen-bond donors (Lipinski definition) is 1. The first kappa shape index (κ1) is 16.7. The van der Waals surface area contributed by atoms with E-state index in [1.54, 1.807) is 17.0 Å². The van der Waals surface area contributed by atoms with Gasteiger partial charge in [0.1, 0.15) is 0 Å². The molecule has 0 saturated heterocycles. The second-order valence-electron chi connectivity index (χ2n) is 5.38. The number of rotatable bonds is 5. The summed E-state index contributed by atoms with van der Waals surface area (Å²) in [5.74, 6) is -1.47. The van der Waals surface area contributed by atoms with Gasteiger partial charge in [-0.15, -0.1) is 11.3 Å². The lowest BCUT2D eigenvalue weighted by Gasteiger charge is -2.21. The van der Waals surface area contributed by atoms with E-state index in [1.165, 1.54) is 11.3 Å². The summed E-state index contributed by atoms with van der Waals surface area (Å²) in [6.07, 6.45) is -2.73. The summed E-state index contributed by atoms with van der Waals surface area (Å²) in [6, 6.07) is 3.49. The Bertz CT molecular complexity index is 724. The van der Waals surface area contributed by atoms with E-state index in [-0.39, 0.29) is 17.9 Å². The molecule has 1 aliphatic rings. The number of thiophene rings is 1. The molecule has 2 aromatic heterocycles. The third-order valence-electron chi connectivity index (χ3n) is 3.45. The van der Waals surface area contributed by atoms with Crippen molar-refractivity contribution in [3.8, 4) is 10.7 Å². The minimum Gasteiger partial charge on any atom is -0.338 e. The average Bonchev–Trinajstić information content (AvgIpc) is 3.03. The fourth-order valence-corrected chi connectivity index (χ4v) is 3.13. The molecule has 0 bridgehead atoms. The van der Waals surface area contributed by atoms with Gasteiger partial charge in [0.2, 0.25) is 5.82 Å². The van der Waals surface area contributed by atoms with Crippen LogP contribution in [0.4, 0.5) is 18.0 Å². The highest BCUT2D eigenvalue weighted by Gasteiger charge is 2.38. The molecular weight excluding hydrogens is 345 g/mol. The quantitative estimate of drug-likeness (QED) is 0.886. The Hall–Kier alpha value is -2.10. The van der Waals surface area contributed by atoms with Gasteiger partial charge in [0, 0.05) is 17.5 Å². The second-order valence-corrected chi connectivity index (χ2v) is 6.55. The first-order valence-corrected chi connectivity index (χ1v) is 8.24. The van der Waals surface area contributed by atoms with Crippen molar-refractivity contribution in [3.05, 3.63) is 22.9 Å². The van der Waals surface area contributed by atoms with Crippen LogP contribution in [-0.4, -0.2) is 33.7 Å². The fourth-order valence-electron chi connectivity index (χ4n) is 2.20. The lowest BCUT2D eigenvalue weighted by molar-refractivity contribution is -0.159. The van der Waals surface area contributed by atoms with Crippen LogP contribution in [0.3, 0.4) is 0 Å². The lowest BCUT2D eigenvalue weighted by atomic mass is 10.4. The lowest BCUT2D eigenvalue weighted by Crippen LogP contribution is -2.40. The van der Waals surface area contributed by atoms with Crippen molar-refractivity contribution in [3.63, 3.8) is 0 Å². The largest absolute Gasteiger partial charge is 0.471 e. The van der Waals surface area contributed by atoms with Crippen molar-refractivity contribution >= 4 is 17.4 Å². The molecule has 0 unspecified atom stereocenters. The van der Waals surface area contributed by atoms with Crippen molar-refractivity contribution in [2.24, 2.45) is 0 Å². The van der Waals surface area contributed by atoms with E-state index in [0.717, 1.165) is 17.7 Å². The monoisotopic (exact) mass is 360 g/mol. The Morgan fingerprint density at radius 2 is 2.21 bits per heavy atom. The third kappa shape index (κ3) is 3.69. The van der Waals surface area contributed by atoms with Crippen LogP contribution >= 0.6 is 11.3 Å². The molecule has 1 fully saturated rings.